The van der Waals surface area contributed by atoms with Gasteiger partial charge in [-0.05, 0) is 0 Å². The van der Waals surface area contributed by atoms with Gasteiger partial charge in [-0.25, -0.2) is 0 Å². The van der Waals surface area contributed by atoms with E-state index in [1.54, 1.807) is 24.3 Å². The average molecular weight is 571 g/mol. The van der Waals surface area contributed by atoms with E-state index in [-0.39, 0.29) is 24.5 Å². The van der Waals surface area contributed by atoms with Crippen LogP contribution in [0.5, 0.6) is 11.5 Å². The topological polar surface area (TPSA) is 217 Å². The lowest BCUT2D eigenvalue weighted by atomic mass is 9.93. The van der Waals surface area contributed by atoms with Crippen LogP contribution in [0.3, 0.4) is 0 Å². The molecule has 5 rings (SSSR count). The Hall–Kier alpha value is -2.18. The van der Waals surface area contributed by atoms with E-state index in [9.17, 15) is 40.9 Å². The summed E-state index contributed by atoms with van der Waals surface area (Å²) < 4.78 is 34.6. The number of fused-ring (bicyclic) bond motifs is 2. The second-order valence-corrected chi connectivity index (χ2v) is 9.97. The Morgan fingerprint density at radius 3 is 1.62 bits per heavy atom. The zero-order valence-electron chi connectivity index (χ0n) is 21.5. The number of methoxy groups -OCH3 is 1. The summed E-state index contributed by atoms with van der Waals surface area (Å²) in [7, 11) is 1.46. The van der Waals surface area contributed by atoms with Gasteiger partial charge in [0.1, 0.15) is 60.3 Å². The SMILES string of the molecule is CO[C@@H]1Cc2c(c(O[C@@H]3O[C@H](CO)[C@@H](O)[C@H](O)[C@H]3O)c3ccccc3c2O[C@@H]2O[C@H](CO)[C@@H](O)[C@H](O)[C@H]2O)CO1. The predicted molar refractivity (Wildman–Crippen MR) is 132 cm³/mol. The summed E-state index contributed by atoms with van der Waals surface area (Å²) in [6.07, 6.45) is -15.6. The highest BCUT2D eigenvalue weighted by atomic mass is 16.7. The van der Waals surface area contributed by atoms with Gasteiger partial charge >= 0.3 is 0 Å². The van der Waals surface area contributed by atoms with E-state index in [4.69, 9.17) is 28.4 Å². The zero-order chi connectivity index (χ0) is 28.7. The highest BCUT2D eigenvalue weighted by Gasteiger charge is 2.47. The normalized spacial score (nSPS) is 38.2. The van der Waals surface area contributed by atoms with Crippen LogP contribution in [-0.4, -0.2) is 129 Å². The van der Waals surface area contributed by atoms with E-state index in [1.807, 2.05) is 0 Å². The summed E-state index contributed by atoms with van der Waals surface area (Å²) in [5.41, 5.74) is 0.983. The second kappa shape index (κ2) is 12.0. The highest BCUT2D eigenvalue weighted by Crippen LogP contribution is 2.46. The molecular formula is C26H34O14. The quantitative estimate of drug-likeness (QED) is 0.169. The molecule has 40 heavy (non-hydrogen) atoms. The molecule has 14 nitrogen and oxygen atoms in total. The molecule has 0 spiro atoms. The van der Waals surface area contributed by atoms with Gasteiger partial charge in [0, 0.05) is 35.4 Å². The molecule has 0 amide bonds. The number of hydrogen-bond donors (Lipinski definition) is 8. The molecule has 222 valence electrons. The second-order valence-electron chi connectivity index (χ2n) is 9.97. The molecule has 2 aromatic rings. The van der Waals surface area contributed by atoms with E-state index < -0.39 is 80.9 Å². The summed E-state index contributed by atoms with van der Waals surface area (Å²) in [5, 5.41) is 82.2. The number of hydrogen-bond acceptors (Lipinski definition) is 14. The molecule has 0 saturated carbocycles. The number of ether oxygens (including phenoxy) is 6. The molecule has 2 fully saturated rings. The van der Waals surface area contributed by atoms with Crippen LogP contribution in [0, 0.1) is 0 Å². The van der Waals surface area contributed by atoms with E-state index in [0.29, 0.717) is 21.9 Å². The van der Waals surface area contributed by atoms with Crippen molar-refractivity contribution in [3.05, 3.63) is 35.4 Å². The molecule has 3 heterocycles. The molecule has 2 aromatic carbocycles. The molecule has 3 aliphatic heterocycles. The van der Waals surface area contributed by atoms with Gasteiger partial charge in [-0.2, -0.15) is 0 Å². The van der Waals surface area contributed by atoms with Crippen LogP contribution in [0.25, 0.3) is 10.8 Å². The van der Waals surface area contributed by atoms with Crippen molar-refractivity contribution in [2.75, 3.05) is 20.3 Å². The van der Waals surface area contributed by atoms with Crippen LogP contribution in [0.1, 0.15) is 11.1 Å². The van der Waals surface area contributed by atoms with Gasteiger partial charge in [0.05, 0.1) is 19.8 Å². The molecule has 3 aliphatic rings. The minimum atomic E-state index is -1.66. The van der Waals surface area contributed by atoms with Gasteiger partial charge in [0.25, 0.3) is 0 Å². The summed E-state index contributed by atoms with van der Waals surface area (Å²) >= 11 is 0. The molecule has 0 radical (unpaired) electrons. The van der Waals surface area contributed by atoms with E-state index in [1.165, 1.54) is 7.11 Å². The molecule has 0 unspecified atom stereocenters. The third-order valence-corrected chi connectivity index (χ3v) is 7.54. The van der Waals surface area contributed by atoms with Crippen molar-refractivity contribution in [1.29, 1.82) is 0 Å². The maximum absolute atomic E-state index is 10.6. The number of benzene rings is 2. The monoisotopic (exact) mass is 570 g/mol. The van der Waals surface area contributed by atoms with E-state index in [2.05, 4.69) is 0 Å². The van der Waals surface area contributed by atoms with Crippen LogP contribution >= 0.6 is 0 Å². The van der Waals surface area contributed by atoms with Crippen molar-refractivity contribution in [2.24, 2.45) is 0 Å². The summed E-state index contributed by atoms with van der Waals surface area (Å²) in [6.45, 7) is -1.31. The minimum absolute atomic E-state index is 0.0452. The van der Waals surface area contributed by atoms with Crippen LogP contribution in [-0.2, 0) is 32.0 Å². The van der Waals surface area contributed by atoms with Crippen LogP contribution in [0.2, 0.25) is 0 Å². The molecule has 8 N–H and O–H groups in total. The van der Waals surface area contributed by atoms with Gasteiger partial charge in [-0.15, -0.1) is 0 Å². The Labute approximate surface area is 228 Å². The summed E-state index contributed by atoms with van der Waals surface area (Å²) in [6, 6.07) is 6.83. The molecule has 0 bridgehead atoms. The van der Waals surface area contributed by atoms with Gasteiger partial charge in [-0.3, -0.25) is 0 Å². The summed E-state index contributed by atoms with van der Waals surface area (Å²) in [5.74, 6) is 0.451. The Morgan fingerprint density at radius 1 is 0.700 bits per heavy atom. The van der Waals surface area contributed by atoms with Crippen LogP contribution in [0.4, 0.5) is 0 Å². The first-order chi connectivity index (χ1) is 19.2. The minimum Gasteiger partial charge on any atom is -0.461 e. The number of aliphatic hydroxyl groups excluding tert-OH is 8. The molecule has 2 saturated heterocycles. The molecule has 0 aromatic heterocycles. The van der Waals surface area contributed by atoms with Gasteiger partial charge < -0.3 is 69.3 Å². The average Bonchev–Trinajstić information content (AvgIpc) is 2.98. The predicted octanol–water partition coefficient (Wildman–Crippen LogP) is -2.76. The van der Waals surface area contributed by atoms with Crippen LogP contribution in [0.15, 0.2) is 24.3 Å². The first kappa shape index (κ1) is 29.3. The lowest BCUT2D eigenvalue weighted by Gasteiger charge is -2.41. The van der Waals surface area contributed by atoms with Crippen molar-refractivity contribution in [2.45, 2.75) is 80.7 Å². The number of rotatable bonds is 7. The van der Waals surface area contributed by atoms with Crippen molar-refractivity contribution < 1.29 is 69.3 Å². The first-order valence-corrected chi connectivity index (χ1v) is 12.8. The number of aliphatic hydroxyl groups is 8. The smallest absolute Gasteiger partial charge is 0.229 e. The third kappa shape index (κ3) is 5.15. The standard InChI is InChI=1S/C26H34O14/c1-35-16-6-12-13(9-36-16)24(40-26-22(34)20(32)18(30)15(8-28)38-26)11-5-3-2-4-10(11)23(12)39-25-21(33)19(31)17(29)14(7-27)37-25/h2-5,14-22,25-34H,6-9H2,1H3/t14-,15-,16+,17-,18-,19+,20+,21-,22-,25+,26+/m1/s1. The fourth-order valence-electron chi connectivity index (χ4n) is 5.23. The fraction of sp³-hybridized carbons (Fsp3) is 0.615. The fourth-order valence-corrected chi connectivity index (χ4v) is 5.23. The van der Waals surface area contributed by atoms with Crippen molar-refractivity contribution in [3.8, 4) is 11.5 Å². The highest BCUT2D eigenvalue weighted by molar-refractivity contribution is 5.96. The van der Waals surface area contributed by atoms with Crippen LogP contribution < -0.4 is 9.47 Å². The van der Waals surface area contributed by atoms with Gasteiger partial charge in [-0.1, -0.05) is 24.3 Å². The molecule has 14 heteroatoms. The van der Waals surface area contributed by atoms with Gasteiger partial charge in [0.2, 0.25) is 12.6 Å². The third-order valence-electron chi connectivity index (χ3n) is 7.54. The van der Waals surface area contributed by atoms with Crippen molar-refractivity contribution in [3.63, 3.8) is 0 Å². The molecule has 0 aliphatic carbocycles. The zero-order valence-corrected chi connectivity index (χ0v) is 21.5. The summed E-state index contributed by atoms with van der Waals surface area (Å²) in [4.78, 5) is 0. The Balaban J connectivity index is 1.59. The first-order valence-electron chi connectivity index (χ1n) is 12.8. The Morgan fingerprint density at radius 2 is 1.18 bits per heavy atom. The Bertz CT molecular complexity index is 1170. The molecule has 11 atom stereocenters. The van der Waals surface area contributed by atoms with E-state index in [0.717, 1.165) is 0 Å². The lowest BCUT2D eigenvalue weighted by molar-refractivity contribution is -0.278. The Kier molecular flexibility index (Phi) is 8.77. The van der Waals surface area contributed by atoms with E-state index >= 15 is 0 Å². The molecular weight excluding hydrogens is 536 g/mol. The largest absolute Gasteiger partial charge is 0.461 e. The van der Waals surface area contributed by atoms with Crippen molar-refractivity contribution in [1.82, 2.24) is 0 Å². The lowest BCUT2D eigenvalue weighted by Crippen LogP contribution is -2.60. The maximum atomic E-state index is 10.6. The van der Waals surface area contributed by atoms with Gasteiger partial charge in [0.15, 0.2) is 6.29 Å². The van der Waals surface area contributed by atoms with Crippen molar-refractivity contribution >= 4 is 10.8 Å². The maximum Gasteiger partial charge on any atom is 0.229 e.